The van der Waals surface area contributed by atoms with Gasteiger partial charge in [-0.15, -0.1) is 0 Å². The number of piperidine rings is 1. The highest BCUT2D eigenvalue weighted by Gasteiger charge is 2.35. The number of carbonyl (C=O) groups is 2. The number of hydrogen-bond donors (Lipinski definition) is 1. The first-order valence-corrected chi connectivity index (χ1v) is 12.6. The first-order valence-electron chi connectivity index (χ1n) is 10.8. The van der Waals surface area contributed by atoms with Crippen molar-refractivity contribution in [1.29, 1.82) is 0 Å². The Kier molecular flexibility index (Phi) is 6.48. The van der Waals surface area contributed by atoms with E-state index in [0.717, 1.165) is 17.3 Å². The number of nitrogens with one attached hydrogen (secondary N) is 1. The fourth-order valence-corrected chi connectivity index (χ4v) is 6.33. The minimum absolute atomic E-state index is 0.00662. The van der Waals surface area contributed by atoms with Gasteiger partial charge in [0, 0.05) is 36.8 Å². The van der Waals surface area contributed by atoms with E-state index < -0.39 is 27.7 Å². The number of anilines is 2. The Morgan fingerprint density at radius 2 is 1.94 bits per heavy atom. The minimum Gasteiger partial charge on any atom is -0.323 e. The second kappa shape index (κ2) is 9.04. The monoisotopic (exact) mass is 493 g/mol. The summed E-state index contributed by atoms with van der Waals surface area (Å²) in [5, 5.41) is 2.76. The highest BCUT2D eigenvalue weighted by atomic mass is 35.5. The molecule has 10 heteroatoms. The van der Waals surface area contributed by atoms with Gasteiger partial charge in [-0.3, -0.25) is 9.59 Å². The predicted molar refractivity (Wildman–Crippen MR) is 124 cm³/mol. The zero-order valence-electron chi connectivity index (χ0n) is 18.3. The molecule has 7 nitrogen and oxygen atoms in total. The first kappa shape index (κ1) is 23.7. The second-order valence-electron chi connectivity index (χ2n) is 8.55. The third kappa shape index (κ3) is 4.62. The number of nitrogens with zero attached hydrogens (tertiary/aromatic N) is 2. The van der Waals surface area contributed by atoms with Gasteiger partial charge in [0.15, 0.2) is 0 Å². The zero-order valence-corrected chi connectivity index (χ0v) is 19.9. The molecule has 0 unspecified atom stereocenters. The molecule has 2 atom stereocenters. The molecule has 0 saturated carbocycles. The molecule has 0 aromatic heterocycles. The average molecular weight is 494 g/mol. The Morgan fingerprint density at radius 1 is 1.18 bits per heavy atom. The lowest BCUT2D eigenvalue weighted by Crippen LogP contribution is -2.43. The van der Waals surface area contributed by atoms with Crippen molar-refractivity contribution in [1.82, 2.24) is 4.31 Å². The number of carbonyl (C=O) groups excluding carboxylic acids is 2. The third-order valence-corrected chi connectivity index (χ3v) is 8.28. The maximum absolute atomic E-state index is 14.0. The Balaban J connectivity index is 1.51. The van der Waals surface area contributed by atoms with Crippen LogP contribution in [0.3, 0.4) is 0 Å². The molecule has 2 aliphatic heterocycles. The molecule has 2 aliphatic rings. The Morgan fingerprint density at radius 3 is 2.64 bits per heavy atom. The van der Waals surface area contributed by atoms with Gasteiger partial charge in [-0.25, -0.2) is 12.8 Å². The largest absolute Gasteiger partial charge is 0.323 e. The minimum atomic E-state index is -3.83. The molecule has 4 rings (SSSR count). The Labute approximate surface area is 197 Å². The molecule has 2 amide bonds. The molecule has 0 spiro atoms. The highest BCUT2D eigenvalue weighted by molar-refractivity contribution is 7.89. The molecule has 1 N–H and O–H groups in total. The number of benzene rings is 2. The van der Waals surface area contributed by atoms with Crippen LogP contribution < -0.4 is 10.2 Å². The van der Waals surface area contributed by atoms with E-state index >= 15 is 0 Å². The lowest BCUT2D eigenvalue weighted by atomic mass is 9.98. The summed E-state index contributed by atoms with van der Waals surface area (Å²) >= 11 is 5.75. The maximum atomic E-state index is 14.0. The second-order valence-corrected chi connectivity index (χ2v) is 10.9. The van der Waals surface area contributed by atoms with Gasteiger partial charge < -0.3 is 10.2 Å². The van der Waals surface area contributed by atoms with Crippen LogP contribution in [0.25, 0.3) is 0 Å². The van der Waals surface area contributed by atoms with Crippen molar-refractivity contribution in [3.05, 3.63) is 52.8 Å². The van der Waals surface area contributed by atoms with E-state index in [4.69, 9.17) is 11.6 Å². The summed E-state index contributed by atoms with van der Waals surface area (Å²) in [6, 6.07) is 8.72. The van der Waals surface area contributed by atoms with Gasteiger partial charge in [-0.1, -0.05) is 11.6 Å². The van der Waals surface area contributed by atoms with Crippen LogP contribution in [0, 0.1) is 11.7 Å². The Bertz CT molecular complexity index is 1220. The SMILES string of the molecule is CC(=O)N1c2ccc(S(=O)(=O)N3CCC[C@@H](C(=O)Nc4ccc(Cl)cc4F)C3)cc2C[C@H]1C. The maximum Gasteiger partial charge on any atom is 0.243 e. The molecule has 33 heavy (non-hydrogen) atoms. The smallest absolute Gasteiger partial charge is 0.243 e. The first-order chi connectivity index (χ1) is 15.6. The predicted octanol–water partition coefficient (Wildman–Crippen LogP) is 3.82. The Hall–Kier alpha value is -2.49. The van der Waals surface area contributed by atoms with E-state index in [1.807, 2.05) is 6.92 Å². The summed E-state index contributed by atoms with van der Waals surface area (Å²) in [5.74, 6) is -1.77. The molecule has 1 fully saturated rings. The van der Waals surface area contributed by atoms with Gasteiger partial charge in [0.25, 0.3) is 0 Å². The summed E-state index contributed by atoms with van der Waals surface area (Å²) < 4.78 is 42.0. The van der Waals surface area contributed by atoms with Gasteiger partial charge >= 0.3 is 0 Å². The van der Waals surface area contributed by atoms with Crippen LogP contribution in [-0.2, 0) is 26.0 Å². The van der Waals surface area contributed by atoms with Crippen molar-refractivity contribution in [2.24, 2.45) is 5.92 Å². The van der Waals surface area contributed by atoms with Gasteiger partial charge in [0.05, 0.1) is 16.5 Å². The summed E-state index contributed by atoms with van der Waals surface area (Å²) in [6.45, 7) is 3.73. The summed E-state index contributed by atoms with van der Waals surface area (Å²) in [6.07, 6.45) is 1.60. The van der Waals surface area contributed by atoms with Crippen molar-refractivity contribution in [3.8, 4) is 0 Å². The van der Waals surface area contributed by atoms with E-state index in [-0.39, 0.29) is 34.1 Å². The van der Waals surface area contributed by atoms with E-state index in [0.29, 0.717) is 25.8 Å². The number of rotatable bonds is 4. The van der Waals surface area contributed by atoms with Crippen molar-refractivity contribution >= 4 is 44.8 Å². The molecule has 176 valence electrons. The van der Waals surface area contributed by atoms with Gasteiger partial charge in [0.1, 0.15) is 5.82 Å². The number of fused-ring (bicyclic) bond motifs is 1. The van der Waals surface area contributed by atoms with Gasteiger partial charge in [0.2, 0.25) is 21.8 Å². The summed E-state index contributed by atoms with van der Waals surface area (Å²) in [7, 11) is -3.83. The van der Waals surface area contributed by atoms with Gasteiger partial charge in [-0.2, -0.15) is 4.31 Å². The summed E-state index contributed by atoms with van der Waals surface area (Å²) in [4.78, 5) is 26.5. The standard InChI is InChI=1S/C23H25ClFN3O4S/c1-14-10-17-11-19(6-8-22(17)28(14)15(2)29)33(31,32)27-9-3-4-16(13-27)23(30)26-21-7-5-18(24)12-20(21)25/h5-8,11-12,14,16H,3-4,9-10,13H2,1-2H3,(H,26,30)/t14-,16-/m1/s1. The molecule has 2 aromatic carbocycles. The average Bonchev–Trinajstić information content (AvgIpc) is 3.10. The molecule has 0 bridgehead atoms. The van der Waals surface area contributed by atoms with Crippen molar-refractivity contribution in [2.45, 2.75) is 44.0 Å². The molecule has 0 radical (unpaired) electrons. The third-order valence-electron chi connectivity index (χ3n) is 6.19. The van der Waals surface area contributed by atoms with Crippen LogP contribution in [0.1, 0.15) is 32.3 Å². The fraction of sp³-hybridized carbons (Fsp3) is 0.391. The van der Waals surface area contributed by atoms with Crippen molar-refractivity contribution in [3.63, 3.8) is 0 Å². The van der Waals surface area contributed by atoms with E-state index in [9.17, 15) is 22.4 Å². The summed E-state index contributed by atoms with van der Waals surface area (Å²) in [5.41, 5.74) is 1.55. The fourth-order valence-electron chi connectivity index (χ4n) is 4.60. The van der Waals surface area contributed by atoms with Crippen LogP contribution in [0.4, 0.5) is 15.8 Å². The molecule has 2 aromatic rings. The number of hydrogen-bond acceptors (Lipinski definition) is 4. The number of halogens is 2. The normalized spacial score (nSPS) is 21.0. The van der Waals surface area contributed by atoms with Crippen molar-refractivity contribution < 1.29 is 22.4 Å². The van der Waals surface area contributed by atoms with Crippen molar-refractivity contribution in [2.75, 3.05) is 23.3 Å². The van der Waals surface area contributed by atoms with Crippen LogP contribution in [0.5, 0.6) is 0 Å². The molecular formula is C23H25ClFN3O4S. The van der Waals surface area contributed by atoms with Crippen LogP contribution in [0.2, 0.25) is 5.02 Å². The zero-order chi connectivity index (χ0) is 23.9. The molecule has 2 heterocycles. The van der Waals surface area contributed by atoms with Crippen LogP contribution in [-0.4, -0.2) is 43.7 Å². The lowest BCUT2D eigenvalue weighted by molar-refractivity contribution is -0.121. The van der Waals surface area contributed by atoms with Gasteiger partial charge in [-0.05, 0) is 68.1 Å². The topological polar surface area (TPSA) is 86.8 Å². The quantitative estimate of drug-likeness (QED) is 0.701. The molecular weight excluding hydrogens is 469 g/mol. The van der Waals surface area contributed by atoms with Crippen LogP contribution in [0.15, 0.2) is 41.3 Å². The highest BCUT2D eigenvalue weighted by Crippen LogP contribution is 2.35. The molecule has 0 aliphatic carbocycles. The van der Waals surface area contributed by atoms with E-state index in [1.165, 1.54) is 29.4 Å². The number of sulfonamides is 1. The van der Waals surface area contributed by atoms with E-state index in [1.54, 1.807) is 17.0 Å². The van der Waals surface area contributed by atoms with Crippen LogP contribution >= 0.6 is 11.6 Å². The molecule has 1 saturated heterocycles. The lowest BCUT2D eigenvalue weighted by Gasteiger charge is -2.31. The number of amides is 2. The van der Waals surface area contributed by atoms with E-state index in [2.05, 4.69) is 5.32 Å².